The highest BCUT2D eigenvalue weighted by Crippen LogP contribution is 2.27. The van der Waals surface area contributed by atoms with Gasteiger partial charge in [-0.2, -0.15) is 0 Å². The molecule has 1 fully saturated rings. The molecule has 0 bridgehead atoms. The third-order valence-corrected chi connectivity index (χ3v) is 6.85. The number of aromatic nitrogens is 2. The molecule has 1 N–H and O–H groups in total. The summed E-state index contributed by atoms with van der Waals surface area (Å²) in [7, 11) is 2.74. The van der Waals surface area contributed by atoms with Gasteiger partial charge < -0.3 is 10.0 Å². The molecule has 2 atom stereocenters. The van der Waals surface area contributed by atoms with Gasteiger partial charge in [0.25, 0.3) is 5.56 Å². The van der Waals surface area contributed by atoms with Crippen molar-refractivity contribution in [3.8, 4) is 5.88 Å². The Hall–Kier alpha value is -2.81. The maximum Gasteiger partial charge on any atom is 0.333 e. The van der Waals surface area contributed by atoms with Gasteiger partial charge in [0, 0.05) is 26.2 Å². The Morgan fingerprint density at radius 2 is 1.81 bits per heavy atom. The van der Waals surface area contributed by atoms with Crippen molar-refractivity contribution in [2.24, 2.45) is 19.1 Å². The van der Waals surface area contributed by atoms with Crippen LogP contribution in [0.1, 0.15) is 44.2 Å². The average Bonchev–Trinajstić information content (AvgIpc) is 2.74. The number of hydrogen-bond donors (Lipinski definition) is 1. The molecule has 0 radical (unpaired) electrons. The van der Waals surface area contributed by atoms with E-state index in [1.165, 1.54) is 14.1 Å². The smallest absolute Gasteiger partial charge is 0.333 e. The zero-order chi connectivity index (χ0) is 23.6. The fourth-order valence-corrected chi connectivity index (χ4v) is 5.02. The number of rotatable bonds is 4. The zero-order valence-electron chi connectivity index (χ0n) is 19.2. The van der Waals surface area contributed by atoms with Crippen molar-refractivity contribution >= 4 is 28.4 Å². The van der Waals surface area contributed by atoms with E-state index in [2.05, 4.69) is 18.8 Å². The first kappa shape index (κ1) is 23.8. The number of aryl methyl sites for hydroxylation is 1. The van der Waals surface area contributed by atoms with Crippen molar-refractivity contribution in [2.75, 3.05) is 5.75 Å². The summed E-state index contributed by atoms with van der Waals surface area (Å²) in [6.07, 6.45) is 3.03. The molecule has 2 unspecified atom stereocenters. The maximum absolute atomic E-state index is 13.1. The molecule has 1 aromatic heterocycles. The van der Waals surface area contributed by atoms with Crippen molar-refractivity contribution in [2.45, 2.75) is 52.1 Å². The third-order valence-electron chi connectivity index (χ3n) is 5.89. The first-order valence-corrected chi connectivity index (χ1v) is 11.7. The van der Waals surface area contributed by atoms with Crippen molar-refractivity contribution in [3.05, 3.63) is 56.2 Å². The fraction of sp³-hybridized carbons (Fsp3) is 0.478. The second-order valence-corrected chi connectivity index (χ2v) is 9.34. The van der Waals surface area contributed by atoms with Gasteiger partial charge >= 0.3 is 5.69 Å². The third kappa shape index (κ3) is 4.82. The maximum atomic E-state index is 13.1. The van der Waals surface area contributed by atoms with E-state index >= 15 is 0 Å². The minimum atomic E-state index is -0.656. The van der Waals surface area contributed by atoms with Gasteiger partial charge in [0.05, 0.1) is 11.4 Å². The predicted octanol–water partition coefficient (Wildman–Crippen LogP) is 2.70. The fourth-order valence-electron chi connectivity index (χ4n) is 4.11. The number of carbonyl (C=O) groups excluding carboxylic acids is 1. The summed E-state index contributed by atoms with van der Waals surface area (Å²) in [5.41, 5.74) is 0.198. The number of amides is 1. The van der Waals surface area contributed by atoms with Crippen LogP contribution in [-0.4, -0.2) is 47.9 Å². The summed E-state index contributed by atoms with van der Waals surface area (Å²) in [6, 6.07) is 7.72. The molecule has 1 aromatic carbocycles. The van der Waals surface area contributed by atoms with Crippen molar-refractivity contribution in [1.82, 2.24) is 14.0 Å². The second-order valence-electron chi connectivity index (χ2n) is 8.38. The number of carbonyl (C=O) groups is 1. The summed E-state index contributed by atoms with van der Waals surface area (Å²) >= 11 is 1.10. The van der Waals surface area contributed by atoms with Gasteiger partial charge in [-0.3, -0.25) is 18.7 Å². The summed E-state index contributed by atoms with van der Waals surface area (Å²) < 4.78 is 1.93. The zero-order valence-corrected chi connectivity index (χ0v) is 20.0. The van der Waals surface area contributed by atoms with Gasteiger partial charge in [0.2, 0.25) is 11.8 Å². The Balaban J connectivity index is 2.03. The average molecular weight is 459 g/mol. The number of benzene rings is 1. The van der Waals surface area contributed by atoms with Gasteiger partial charge in [-0.05, 0) is 57.7 Å². The SMILES string of the molecule is Cc1cccc(N=C(SCC(=O)N2C(C)CCCC2C)c2c(O)n(C)c(=O)n(C)c2=O)c1. The quantitative estimate of drug-likeness (QED) is 0.561. The molecule has 0 aliphatic carbocycles. The largest absolute Gasteiger partial charge is 0.494 e. The molecule has 1 aliphatic heterocycles. The van der Waals surface area contributed by atoms with Gasteiger partial charge in [-0.1, -0.05) is 23.9 Å². The minimum absolute atomic E-state index is 0.0345. The van der Waals surface area contributed by atoms with Gasteiger partial charge in [-0.25, -0.2) is 9.79 Å². The highest BCUT2D eigenvalue weighted by Gasteiger charge is 2.30. The Labute approximate surface area is 191 Å². The minimum Gasteiger partial charge on any atom is -0.494 e. The lowest BCUT2D eigenvalue weighted by Crippen LogP contribution is -2.48. The molecule has 0 saturated carbocycles. The first-order valence-electron chi connectivity index (χ1n) is 10.7. The molecule has 9 heteroatoms. The molecule has 2 aromatic rings. The van der Waals surface area contributed by atoms with Gasteiger partial charge in [-0.15, -0.1) is 0 Å². The summed E-state index contributed by atoms with van der Waals surface area (Å²) in [6.45, 7) is 6.03. The number of likely N-dealkylation sites (tertiary alicyclic amines) is 1. The highest BCUT2D eigenvalue weighted by atomic mass is 32.2. The normalized spacial score (nSPS) is 19.3. The van der Waals surface area contributed by atoms with Crippen LogP contribution in [0.25, 0.3) is 0 Å². The van der Waals surface area contributed by atoms with Crippen LogP contribution in [0.5, 0.6) is 5.88 Å². The number of piperidine rings is 1. The van der Waals surface area contributed by atoms with Crippen LogP contribution in [0.15, 0.2) is 38.8 Å². The van der Waals surface area contributed by atoms with Crippen LogP contribution < -0.4 is 11.2 Å². The number of thioether (sulfide) groups is 1. The van der Waals surface area contributed by atoms with Crippen LogP contribution in [0.3, 0.4) is 0 Å². The summed E-state index contributed by atoms with van der Waals surface area (Å²) in [5.74, 6) is -0.429. The number of nitrogens with zero attached hydrogens (tertiary/aromatic N) is 4. The van der Waals surface area contributed by atoms with E-state index < -0.39 is 17.1 Å². The first-order chi connectivity index (χ1) is 15.1. The molecule has 0 spiro atoms. The van der Waals surface area contributed by atoms with Crippen LogP contribution in [0.4, 0.5) is 5.69 Å². The molecule has 3 rings (SSSR count). The Kier molecular flexibility index (Phi) is 7.28. The topological polar surface area (TPSA) is 96.9 Å². The van der Waals surface area contributed by atoms with E-state index in [9.17, 15) is 19.5 Å². The van der Waals surface area contributed by atoms with E-state index in [0.717, 1.165) is 45.7 Å². The monoisotopic (exact) mass is 458 g/mol. The Morgan fingerprint density at radius 1 is 1.16 bits per heavy atom. The highest BCUT2D eigenvalue weighted by molar-refractivity contribution is 8.15. The van der Waals surface area contributed by atoms with E-state index in [-0.39, 0.29) is 34.4 Å². The van der Waals surface area contributed by atoms with E-state index in [1.54, 1.807) is 6.07 Å². The van der Waals surface area contributed by atoms with Gasteiger partial charge in [0.1, 0.15) is 10.6 Å². The van der Waals surface area contributed by atoms with Gasteiger partial charge in [0.15, 0.2) is 0 Å². The number of hydrogen-bond acceptors (Lipinski definition) is 6. The van der Waals surface area contributed by atoms with Crippen LogP contribution in [0.2, 0.25) is 0 Å². The molecule has 2 heterocycles. The number of aromatic hydroxyl groups is 1. The lowest BCUT2D eigenvalue weighted by molar-refractivity contribution is -0.134. The van der Waals surface area contributed by atoms with Crippen LogP contribution in [-0.2, 0) is 18.9 Å². The lowest BCUT2D eigenvalue weighted by atomic mass is 9.98. The molecule has 32 heavy (non-hydrogen) atoms. The molecule has 1 amide bonds. The van der Waals surface area contributed by atoms with E-state index in [0.29, 0.717) is 5.69 Å². The Bertz CT molecular complexity index is 1160. The molecular formula is C23H30N4O4S. The Morgan fingerprint density at radius 3 is 2.44 bits per heavy atom. The molecule has 172 valence electrons. The van der Waals surface area contributed by atoms with Crippen LogP contribution in [0, 0.1) is 6.92 Å². The van der Waals surface area contributed by atoms with E-state index in [4.69, 9.17) is 0 Å². The molecule has 8 nitrogen and oxygen atoms in total. The van der Waals surface area contributed by atoms with Crippen LogP contribution >= 0.6 is 11.8 Å². The van der Waals surface area contributed by atoms with E-state index in [1.807, 2.05) is 30.0 Å². The molecule has 1 aliphatic rings. The standard InChI is InChI=1S/C23H30N4O4S/c1-14-8-6-11-17(12-14)24-20(19-21(29)25(4)23(31)26(5)22(19)30)32-13-18(28)27-15(2)9-7-10-16(27)3/h6,8,11-12,15-16,29H,7,9-10,13H2,1-5H3. The number of aliphatic imine (C=N–C) groups is 1. The summed E-state index contributed by atoms with van der Waals surface area (Å²) in [4.78, 5) is 44.7. The second kappa shape index (κ2) is 9.77. The lowest BCUT2D eigenvalue weighted by Gasteiger charge is -2.39. The predicted molar refractivity (Wildman–Crippen MR) is 128 cm³/mol. The van der Waals surface area contributed by atoms with Crippen molar-refractivity contribution < 1.29 is 9.90 Å². The van der Waals surface area contributed by atoms with Crippen molar-refractivity contribution in [1.29, 1.82) is 0 Å². The molecule has 1 saturated heterocycles. The summed E-state index contributed by atoms with van der Waals surface area (Å²) in [5, 5.41) is 10.8. The molecular weight excluding hydrogens is 428 g/mol. The van der Waals surface area contributed by atoms with Crippen molar-refractivity contribution in [3.63, 3.8) is 0 Å².